The van der Waals surface area contributed by atoms with Gasteiger partial charge in [-0.3, -0.25) is 0 Å². The molecule has 23 heavy (non-hydrogen) atoms. The van der Waals surface area contributed by atoms with Gasteiger partial charge in [-0.15, -0.1) is 0 Å². The average molecular weight is 454 g/mol. The molecule has 0 aliphatic carbocycles. The van der Waals surface area contributed by atoms with Gasteiger partial charge in [-0.05, 0) is 0 Å². The molecule has 0 bridgehead atoms. The molecule has 122 valence electrons. The van der Waals surface area contributed by atoms with Crippen molar-refractivity contribution in [3.63, 3.8) is 0 Å². The Morgan fingerprint density at radius 3 is 1.91 bits per heavy atom. The molecule has 0 saturated carbocycles. The van der Waals surface area contributed by atoms with Gasteiger partial charge in [-0.1, -0.05) is 0 Å². The number of unbranched alkanes of at least 4 members (excludes halogenated alkanes) is 2. The van der Waals surface area contributed by atoms with E-state index in [0.29, 0.717) is 29.9 Å². The molecule has 0 radical (unpaired) electrons. The molecule has 2 aromatic rings. The Hall–Kier alpha value is -0.431. The van der Waals surface area contributed by atoms with Crippen LogP contribution in [0.5, 0.6) is 0 Å². The van der Waals surface area contributed by atoms with Gasteiger partial charge < -0.3 is 0 Å². The van der Waals surface area contributed by atoms with Gasteiger partial charge in [-0.25, -0.2) is 0 Å². The van der Waals surface area contributed by atoms with Gasteiger partial charge in [0.25, 0.3) is 0 Å². The normalized spacial score (nSPS) is 12.1. The number of benzene rings is 2. The number of thioether (sulfide) groups is 1. The van der Waals surface area contributed by atoms with Crippen molar-refractivity contribution in [2.24, 2.45) is 0 Å². The number of allylic oxidation sites excluding steroid dienone is 1. The van der Waals surface area contributed by atoms with Gasteiger partial charge in [0, 0.05) is 0 Å². The predicted octanol–water partition coefficient (Wildman–Crippen LogP) is 4.16. The van der Waals surface area contributed by atoms with Gasteiger partial charge >= 0.3 is 158 Å². The summed E-state index contributed by atoms with van der Waals surface area (Å²) in [6.45, 7) is 2.29. The second-order valence-corrected chi connectivity index (χ2v) is 11.3. The van der Waals surface area contributed by atoms with Gasteiger partial charge in [0.1, 0.15) is 0 Å². The minimum atomic E-state index is 0.443. The standard InChI is InChI=1S/C20H24SSe2/c1-3-4-7-16-19(22-17-12-8-5-9-13-17)20(21-2)23-18-14-10-6-11-15-18/h5-6,8-15H,3-4,7,16H2,1-2H3/b20-19-. The molecule has 0 aliphatic rings. The second kappa shape index (κ2) is 11.2. The van der Waals surface area contributed by atoms with Crippen LogP contribution in [0.25, 0.3) is 0 Å². The van der Waals surface area contributed by atoms with E-state index in [9.17, 15) is 0 Å². The molecule has 3 heteroatoms. The van der Waals surface area contributed by atoms with Crippen molar-refractivity contribution in [2.45, 2.75) is 32.6 Å². The van der Waals surface area contributed by atoms with Crippen LogP contribution in [0.2, 0.25) is 0 Å². The Morgan fingerprint density at radius 1 is 0.826 bits per heavy atom. The summed E-state index contributed by atoms with van der Waals surface area (Å²) in [5.41, 5.74) is 0. The number of hydrogen-bond donors (Lipinski definition) is 0. The Bertz CT molecular complexity index is 594. The molecule has 0 aliphatic heterocycles. The fourth-order valence-corrected chi connectivity index (χ4v) is 8.68. The summed E-state index contributed by atoms with van der Waals surface area (Å²) in [5, 5.41) is 0. The van der Waals surface area contributed by atoms with Crippen LogP contribution < -0.4 is 8.92 Å². The summed E-state index contributed by atoms with van der Waals surface area (Å²) in [6.07, 6.45) is 7.49. The van der Waals surface area contributed by atoms with E-state index in [0.717, 1.165) is 0 Å². The Labute approximate surface area is 157 Å². The van der Waals surface area contributed by atoms with E-state index in [1.807, 2.05) is 11.8 Å². The first-order valence-corrected chi connectivity index (χ1v) is 12.7. The van der Waals surface area contributed by atoms with Crippen molar-refractivity contribution in [1.29, 1.82) is 0 Å². The summed E-state index contributed by atoms with van der Waals surface area (Å²) >= 11 is 2.88. The van der Waals surface area contributed by atoms with Crippen molar-refractivity contribution < 1.29 is 0 Å². The van der Waals surface area contributed by atoms with Crippen molar-refractivity contribution in [1.82, 2.24) is 0 Å². The van der Waals surface area contributed by atoms with Gasteiger partial charge in [0.05, 0.1) is 0 Å². The first kappa shape index (κ1) is 18.9. The maximum absolute atomic E-state index is 2.29. The van der Waals surface area contributed by atoms with E-state index in [-0.39, 0.29) is 0 Å². The average Bonchev–Trinajstić information content (AvgIpc) is 2.61. The Balaban J connectivity index is 2.19. The second-order valence-electron chi connectivity index (χ2n) is 5.20. The molecular weight excluding hydrogens is 430 g/mol. The summed E-state index contributed by atoms with van der Waals surface area (Å²) in [4.78, 5) is 0. The Morgan fingerprint density at radius 2 is 1.39 bits per heavy atom. The first-order valence-electron chi connectivity index (χ1n) is 8.06. The topological polar surface area (TPSA) is 0 Å². The number of hydrogen-bond acceptors (Lipinski definition) is 1. The quantitative estimate of drug-likeness (QED) is 0.405. The van der Waals surface area contributed by atoms with E-state index in [4.69, 9.17) is 0 Å². The molecule has 0 aromatic heterocycles. The molecule has 0 fully saturated rings. The monoisotopic (exact) mass is 456 g/mol. The first-order chi connectivity index (χ1) is 11.3. The van der Waals surface area contributed by atoms with Gasteiger partial charge in [-0.2, -0.15) is 0 Å². The summed E-state index contributed by atoms with van der Waals surface area (Å²) < 4.78 is 6.35. The third kappa shape index (κ3) is 6.91. The maximum atomic E-state index is 2.29. The molecule has 0 spiro atoms. The Kier molecular flexibility index (Phi) is 9.19. The zero-order valence-corrected chi connectivity index (χ0v) is 18.1. The molecule has 0 unspecified atom stereocenters. The van der Waals surface area contributed by atoms with Crippen LogP contribution in [0.3, 0.4) is 0 Å². The van der Waals surface area contributed by atoms with Crippen LogP contribution in [0, 0.1) is 0 Å². The van der Waals surface area contributed by atoms with Crippen LogP contribution in [0.4, 0.5) is 0 Å². The van der Waals surface area contributed by atoms with Crippen LogP contribution in [-0.2, 0) is 0 Å². The predicted molar refractivity (Wildman–Crippen MR) is 108 cm³/mol. The molecular formula is C20H24SSe2. The molecule has 2 rings (SSSR count). The van der Waals surface area contributed by atoms with E-state index >= 15 is 0 Å². The summed E-state index contributed by atoms with van der Waals surface area (Å²) in [7, 11) is 0. The van der Waals surface area contributed by atoms with Crippen molar-refractivity contribution in [3.8, 4) is 0 Å². The molecule has 0 heterocycles. The molecule has 0 N–H and O–H groups in total. The van der Waals surface area contributed by atoms with Crippen molar-refractivity contribution >= 4 is 50.6 Å². The molecule has 0 amide bonds. The molecule has 0 nitrogen and oxygen atoms in total. The van der Waals surface area contributed by atoms with Crippen molar-refractivity contribution in [3.05, 3.63) is 68.9 Å². The fourth-order valence-electron chi connectivity index (χ4n) is 2.17. The SMILES string of the molecule is CCCCC/C([Se]c1ccccc1)=C(\SC)[Se]c1ccccc1. The third-order valence-corrected chi connectivity index (χ3v) is 10.8. The van der Waals surface area contributed by atoms with E-state index in [2.05, 4.69) is 73.8 Å². The molecule has 0 saturated heterocycles. The van der Waals surface area contributed by atoms with Gasteiger partial charge in [0.15, 0.2) is 0 Å². The molecule has 0 atom stereocenters. The number of rotatable bonds is 9. The van der Waals surface area contributed by atoms with Gasteiger partial charge in [0.2, 0.25) is 0 Å². The van der Waals surface area contributed by atoms with Crippen LogP contribution in [0.15, 0.2) is 68.9 Å². The van der Waals surface area contributed by atoms with Crippen LogP contribution >= 0.6 is 11.8 Å². The van der Waals surface area contributed by atoms with E-state index in [1.165, 1.54) is 34.6 Å². The third-order valence-electron chi connectivity index (χ3n) is 3.36. The zero-order valence-electron chi connectivity index (χ0n) is 13.8. The summed E-state index contributed by atoms with van der Waals surface area (Å²) in [5.74, 6) is 0. The summed E-state index contributed by atoms with van der Waals surface area (Å²) in [6, 6.07) is 22.0. The molecule has 2 aromatic carbocycles. The minimum absolute atomic E-state index is 0.443. The van der Waals surface area contributed by atoms with Crippen LogP contribution in [0.1, 0.15) is 32.6 Å². The van der Waals surface area contributed by atoms with Crippen LogP contribution in [-0.4, -0.2) is 36.2 Å². The zero-order chi connectivity index (χ0) is 16.3. The van der Waals surface area contributed by atoms with E-state index < -0.39 is 0 Å². The van der Waals surface area contributed by atoms with E-state index in [1.54, 1.807) is 8.28 Å². The van der Waals surface area contributed by atoms with Crippen molar-refractivity contribution in [2.75, 3.05) is 6.26 Å². The fraction of sp³-hybridized carbons (Fsp3) is 0.300.